The Hall–Kier alpha value is -2.73. The van der Waals surface area contributed by atoms with Gasteiger partial charge in [-0.1, -0.05) is 11.6 Å². The van der Waals surface area contributed by atoms with Crippen molar-refractivity contribution >= 4 is 23.3 Å². The summed E-state index contributed by atoms with van der Waals surface area (Å²) in [6.45, 7) is 1.02. The average molecular weight is 416 g/mol. The number of methoxy groups -OCH3 is 2. The van der Waals surface area contributed by atoms with Crippen molar-refractivity contribution in [2.45, 2.75) is 24.9 Å². The van der Waals surface area contributed by atoms with Crippen LogP contribution in [0.4, 0.5) is 0 Å². The van der Waals surface area contributed by atoms with Crippen LogP contribution < -0.4 is 14.2 Å². The summed E-state index contributed by atoms with van der Waals surface area (Å²) in [5.74, 6) is 1.65. The minimum absolute atomic E-state index is 0.0334. The summed E-state index contributed by atoms with van der Waals surface area (Å²) in [4.78, 5) is 27.4. The molecule has 2 aromatic carbocycles. The highest BCUT2D eigenvalue weighted by Gasteiger charge is 2.43. The molecule has 2 heterocycles. The van der Waals surface area contributed by atoms with E-state index in [4.69, 9.17) is 25.8 Å². The Morgan fingerprint density at radius 2 is 1.72 bits per heavy atom. The van der Waals surface area contributed by atoms with Gasteiger partial charge < -0.3 is 19.1 Å². The largest absolute Gasteiger partial charge is 0.497 e. The van der Waals surface area contributed by atoms with Gasteiger partial charge in [0, 0.05) is 42.6 Å². The predicted octanol–water partition coefficient (Wildman–Crippen LogP) is 4.00. The lowest BCUT2D eigenvalue weighted by Gasteiger charge is -2.44. The van der Waals surface area contributed by atoms with Gasteiger partial charge in [-0.25, -0.2) is 0 Å². The number of benzene rings is 2. The molecule has 1 saturated heterocycles. The minimum Gasteiger partial charge on any atom is -0.497 e. The maximum atomic E-state index is 13.0. The van der Waals surface area contributed by atoms with Gasteiger partial charge in [-0.2, -0.15) is 0 Å². The lowest BCUT2D eigenvalue weighted by Crippen LogP contribution is -2.52. The standard InChI is InChI=1S/C22H22ClNO5/c1-27-16-9-14(10-17(12-16)28-2)21(26)24-7-5-22(6-8-24)13-19(25)18-11-15(23)3-4-20(18)29-22/h3-4,9-12H,5-8,13H2,1-2H3. The van der Waals surface area contributed by atoms with Gasteiger partial charge in [0.2, 0.25) is 0 Å². The summed E-state index contributed by atoms with van der Waals surface area (Å²) in [6, 6.07) is 10.3. The molecular weight excluding hydrogens is 394 g/mol. The van der Waals surface area contributed by atoms with E-state index in [0.717, 1.165) is 0 Å². The van der Waals surface area contributed by atoms with E-state index >= 15 is 0 Å². The van der Waals surface area contributed by atoms with Gasteiger partial charge in [-0.05, 0) is 30.3 Å². The molecule has 0 N–H and O–H groups in total. The molecule has 0 atom stereocenters. The molecule has 0 unspecified atom stereocenters. The Kier molecular flexibility index (Phi) is 5.13. The van der Waals surface area contributed by atoms with E-state index < -0.39 is 5.60 Å². The number of halogens is 1. The number of piperidine rings is 1. The number of carbonyl (C=O) groups is 2. The number of hydrogen-bond donors (Lipinski definition) is 0. The quantitative estimate of drug-likeness (QED) is 0.758. The molecule has 0 aliphatic carbocycles. The number of ether oxygens (including phenoxy) is 3. The molecule has 0 saturated carbocycles. The minimum atomic E-state index is -0.569. The molecule has 6 nitrogen and oxygen atoms in total. The Balaban J connectivity index is 1.49. The summed E-state index contributed by atoms with van der Waals surface area (Å²) >= 11 is 6.00. The van der Waals surface area contributed by atoms with E-state index in [1.54, 1.807) is 55.5 Å². The third kappa shape index (κ3) is 3.77. The Morgan fingerprint density at radius 3 is 2.34 bits per heavy atom. The van der Waals surface area contributed by atoms with Gasteiger partial charge in [0.15, 0.2) is 5.78 Å². The van der Waals surface area contributed by atoms with Gasteiger partial charge >= 0.3 is 0 Å². The predicted molar refractivity (Wildman–Crippen MR) is 108 cm³/mol. The normalized spacial score (nSPS) is 17.5. The number of fused-ring (bicyclic) bond motifs is 1. The van der Waals surface area contributed by atoms with Crippen molar-refractivity contribution in [1.29, 1.82) is 0 Å². The van der Waals surface area contributed by atoms with Crippen LogP contribution in [0.15, 0.2) is 36.4 Å². The monoisotopic (exact) mass is 415 g/mol. The third-order valence-corrected chi connectivity index (χ3v) is 5.85. The molecule has 1 spiro atoms. The van der Waals surface area contributed by atoms with E-state index in [9.17, 15) is 9.59 Å². The highest BCUT2D eigenvalue weighted by molar-refractivity contribution is 6.31. The summed E-state index contributed by atoms with van der Waals surface area (Å²) < 4.78 is 16.8. The van der Waals surface area contributed by atoms with Crippen LogP contribution in [0, 0.1) is 0 Å². The fraction of sp³-hybridized carbons (Fsp3) is 0.364. The number of carbonyl (C=O) groups excluding carboxylic acids is 2. The van der Waals surface area contributed by atoms with Gasteiger partial charge in [-0.15, -0.1) is 0 Å². The number of rotatable bonds is 3. The van der Waals surface area contributed by atoms with E-state index in [0.29, 0.717) is 65.8 Å². The Labute approximate surface area is 174 Å². The van der Waals surface area contributed by atoms with Crippen molar-refractivity contribution in [1.82, 2.24) is 4.90 Å². The number of nitrogens with zero attached hydrogens (tertiary/aromatic N) is 1. The number of hydrogen-bond acceptors (Lipinski definition) is 5. The fourth-order valence-electron chi connectivity index (χ4n) is 3.98. The van der Waals surface area contributed by atoms with Crippen molar-refractivity contribution in [3.05, 3.63) is 52.5 Å². The molecule has 0 bridgehead atoms. The van der Waals surface area contributed by atoms with Gasteiger partial charge in [0.1, 0.15) is 22.8 Å². The number of ketones is 1. The molecule has 1 fully saturated rings. The molecule has 2 aliphatic heterocycles. The molecule has 7 heteroatoms. The molecule has 2 aromatic rings. The van der Waals surface area contributed by atoms with E-state index in [1.807, 2.05) is 0 Å². The number of likely N-dealkylation sites (tertiary alicyclic amines) is 1. The van der Waals surface area contributed by atoms with Crippen molar-refractivity contribution in [3.63, 3.8) is 0 Å². The van der Waals surface area contributed by atoms with Crippen LogP contribution in [0.1, 0.15) is 40.0 Å². The molecule has 152 valence electrons. The van der Waals surface area contributed by atoms with E-state index in [1.165, 1.54) is 0 Å². The lowest BCUT2D eigenvalue weighted by atomic mass is 9.82. The third-order valence-electron chi connectivity index (χ3n) is 5.61. The zero-order valence-electron chi connectivity index (χ0n) is 16.4. The zero-order valence-corrected chi connectivity index (χ0v) is 17.1. The molecule has 1 amide bonds. The average Bonchev–Trinajstić information content (AvgIpc) is 2.74. The SMILES string of the molecule is COc1cc(OC)cc(C(=O)N2CCC3(CC2)CC(=O)c2cc(Cl)ccc2O3)c1. The second kappa shape index (κ2) is 7.59. The van der Waals surface area contributed by atoms with E-state index in [2.05, 4.69) is 0 Å². The van der Waals surface area contributed by atoms with Crippen LogP contribution in [0.2, 0.25) is 5.02 Å². The number of amides is 1. The summed E-state index contributed by atoms with van der Waals surface area (Å²) in [5, 5.41) is 0.519. The first-order valence-electron chi connectivity index (χ1n) is 9.47. The number of Topliss-reactive ketones (excluding diaryl/α,β-unsaturated/α-hetero) is 1. The van der Waals surface area contributed by atoms with Crippen molar-refractivity contribution < 1.29 is 23.8 Å². The van der Waals surface area contributed by atoms with Crippen molar-refractivity contribution in [2.24, 2.45) is 0 Å². The van der Waals surface area contributed by atoms with Gasteiger partial charge in [0.05, 0.1) is 26.2 Å². The first-order chi connectivity index (χ1) is 13.9. The molecule has 0 radical (unpaired) electrons. The molecule has 29 heavy (non-hydrogen) atoms. The Morgan fingerprint density at radius 1 is 1.07 bits per heavy atom. The molecule has 0 aromatic heterocycles. The van der Waals surface area contributed by atoms with Gasteiger partial charge in [-0.3, -0.25) is 9.59 Å². The molecular formula is C22H22ClNO5. The maximum absolute atomic E-state index is 13.0. The highest BCUT2D eigenvalue weighted by atomic mass is 35.5. The van der Waals surface area contributed by atoms with Crippen LogP contribution in [-0.4, -0.2) is 49.5 Å². The lowest BCUT2D eigenvalue weighted by molar-refractivity contribution is -0.00572. The van der Waals surface area contributed by atoms with Crippen molar-refractivity contribution in [2.75, 3.05) is 27.3 Å². The summed E-state index contributed by atoms with van der Waals surface area (Å²) in [6.07, 6.45) is 1.48. The van der Waals surface area contributed by atoms with Crippen LogP contribution in [0.3, 0.4) is 0 Å². The van der Waals surface area contributed by atoms with Crippen LogP contribution in [0.25, 0.3) is 0 Å². The molecule has 4 rings (SSSR count). The van der Waals surface area contributed by atoms with Crippen LogP contribution >= 0.6 is 11.6 Å². The van der Waals surface area contributed by atoms with Crippen molar-refractivity contribution in [3.8, 4) is 17.2 Å². The second-order valence-electron chi connectivity index (χ2n) is 7.42. The first-order valence-corrected chi connectivity index (χ1v) is 9.85. The smallest absolute Gasteiger partial charge is 0.254 e. The van der Waals surface area contributed by atoms with Gasteiger partial charge in [0.25, 0.3) is 5.91 Å². The molecule has 2 aliphatic rings. The maximum Gasteiger partial charge on any atom is 0.254 e. The summed E-state index contributed by atoms with van der Waals surface area (Å²) in [5.41, 5.74) is 0.476. The Bertz CT molecular complexity index is 943. The van der Waals surface area contributed by atoms with E-state index in [-0.39, 0.29) is 11.7 Å². The summed E-state index contributed by atoms with van der Waals surface area (Å²) in [7, 11) is 3.10. The fourth-order valence-corrected chi connectivity index (χ4v) is 4.15. The topological polar surface area (TPSA) is 65.1 Å². The first kappa shape index (κ1) is 19.6. The zero-order chi connectivity index (χ0) is 20.6. The second-order valence-corrected chi connectivity index (χ2v) is 7.86. The van der Waals surface area contributed by atoms with Crippen LogP contribution in [-0.2, 0) is 0 Å². The highest BCUT2D eigenvalue weighted by Crippen LogP contribution is 2.40. The van der Waals surface area contributed by atoms with Crippen LogP contribution in [0.5, 0.6) is 17.2 Å².